The van der Waals surface area contributed by atoms with Gasteiger partial charge in [0, 0.05) is 42.7 Å². The summed E-state index contributed by atoms with van der Waals surface area (Å²) in [7, 11) is 1.65. The first-order valence-electron chi connectivity index (χ1n) is 10.5. The zero-order chi connectivity index (χ0) is 22.5. The Balaban J connectivity index is 1.47. The van der Waals surface area contributed by atoms with Crippen LogP contribution in [0.4, 0.5) is 10.5 Å². The molecule has 1 aliphatic heterocycles. The Morgan fingerprint density at radius 3 is 2.62 bits per heavy atom. The van der Waals surface area contributed by atoms with Gasteiger partial charge in [0.05, 0.1) is 13.7 Å². The van der Waals surface area contributed by atoms with E-state index < -0.39 is 0 Å². The Morgan fingerprint density at radius 2 is 1.97 bits per heavy atom. The smallest absolute Gasteiger partial charge is 0.319 e. The van der Waals surface area contributed by atoms with Crippen LogP contribution >= 0.6 is 11.6 Å². The number of amides is 2. The summed E-state index contributed by atoms with van der Waals surface area (Å²) in [6.45, 7) is 3.96. The Labute approximate surface area is 191 Å². The Bertz CT molecular complexity index is 1040. The topological polar surface area (TPSA) is 92.5 Å². The minimum Gasteiger partial charge on any atom is -0.497 e. The molecule has 168 valence electrons. The van der Waals surface area contributed by atoms with Crippen molar-refractivity contribution in [2.24, 2.45) is 0 Å². The van der Waals surface area contributed by atoms with Gasteiger partial charge >= 0.3 is 6.03 Å². The molecule has 1 fully saturated rings. The molecule has 1 aliphatic rings. The summed E-state index contributed by atoms with van der Waals surface area (Å²) in [5.41, 5.74) is 1.83. The second-order valence-electron chi connectivity index (χ2n) is 7.84. The van der Waals surface area contributed by atoms with Gasteiger partial charge in [0.25, 0.3) is 0 Å². The lowest BCUT2D eigenvalue weighted by molar-refractivity contribution is 0.164. The zero-order valence-electron chi connectivity index (χ0n) is 18.0. The first-order chi connectivity index (χ1) is 15.5. The van der Waals surface area contributed by atoms with Crippen LogP contribution in [0.1, 0.15) is 29.6 Å². The van der Waals surface area contributed by atoms with Crippen LogP contribution in [0.2, 0.25) is 5.02 Å². The van der Waals surface area contributed by atoms with Gasteiger partial charge < -0.3 is 19.9 Å². The van der Waals surface area contributed by atoms with Crippen LogP contribution in [0.5, 0.6) is 5.75 Å². The van der Waals surface area contributed by atoms with Gasteiger partial charge in [-0.3, -0.25) is 4.90 Å². The van der Waals surface area contributed by atoms with E-state index >= 15 is 0 Å². The second kappa shape index (κ2) is 10.0. The molecule has 8 nitrogen and oxygen atoms in total. The number of hydrogen-bond donors (Lipinski definition) is 2. The van der Waals surface area contributed by atoms with Crippen molar-refractivity contribution in [2.45, 2.75) is 31.8 Å². The zero-order valence-corrected chi connectivity index (χ0v) is 18.8. The number of aryl methyl sites for hydroxylation is 1. The summed E-state index contributed by atoms with van der Waals surface area (Å²) >= 11 is 5.93. The van der Waals surface area contributed by atoms with Gasteiger partial charge in [-0.2, -0.15) is 4.98 Å². The van der Waals surface area contributed by atoms with E-state index in [1.165, 1.54) is 0 Å². The SMILES string of the molecule is COc1ccc([C@@H]2CN(Cc3noc(C)n3)CC[C@H]2NC(=O)Nc2ccc(Cl)cc2)cc1. The highest BCUT2D eigenvalue weighted by atomic mass is 35.5. The molecule has 4 rings (SSSR count). The number of hydrogen-bond acceptors (Lipinski definition) is 6. The number of halogens is 1. The minimum absolute atomic E-state index is 0.0288. The van der Waals surface area contributed by atoms with Crippen molar-refractivity contribution in [3.05, 3.63) is 70.8 Å². The third-order valence-corrected chi connectivity index (χ3v) is 5.85. The van der Waals surface area contributed by atoms with E-state index in [1.54, 1.807) is 38.3 Å². The lowest BCUT2D eigenvalue weighted by Gasteiger charge is -2.38. The maximum absolute atomic E-state index is 12.7. The fourth-order valence-corrected chi connectivity index (χ4v) is 4.13. The standard InChI is InChI=1S/C23H26ClN5O3/c1-15-25-22(28-32-15)14-29-12-11-21(20(13-29)16-3-9-19(31-2)10-4-16)27-23(30)26-18-7-5-17(24)6-8-18/h3-10,20-21H,11-14H2,1-2H3,(H2,26,27,30)/t20-,21+/m0/s1. The Morgan fingerprint density at radius 1 is 1.22 bits per heavy atom. The number of nitrogens with zero attached hydrogens (tertiary/aromatic N) is 3. The Hall–Kier alpha value is -3.10. The van der Waals surface area contributed by atoms with E-state index in [1.807, 2.05) is 12.1 Å². The van der Waals surface area contributed by atoms with Crippen molar-refractivity contribution >= 4 is 23.3 Å². The summed E-state index contributed by atoms with van der Waals surface area (Å²) in [6.07, 6.45) is 0.793. The van der Waals surface area contributed by atoms with E-state index in [2.05, 4.69) is 37.8 Å². The number of benzene rings is 2. The van der Waals surface area contributed by atoms with Crippen LogP contribution in [0, 0.1) is 6.92 Å². The number of rotatable bonds is 6. The monoisotopic (exact) mass is 455 g/mol. The van der Waals surface area contributed by atoms with Crippen LogP contribution < -0.4 is 15.4 Å². The van der Waals surface area contributed by atoms with Crippen LogP contribution in [-0.2, 0) is 6.54 Å². The van der Waals surface area contributed by atoms with E-state index in [0.717, 1.165) is 30.8 Å². The van der Waals surface area contributed by atoms with Crippen molar-refractivity contribution in [3.63, 3.8) is 0 Å². The molecular weight excluding hydrogens is 430 g/mol. The predicted octanol–water partition coefficient (Wildman–Crippen LogP) is 4.22. The van der Waals surface area contributed by atoms with E-state index in [9.17, 15) is 4.79 Å². The van der Waals surface area contributed by atoms with Crippen LogP contribution in [0.3, 0.4) is 0 Å². The highest BCUT2D eigenvalue weighted by Gasteiger charge is 2.32. The number of carbonyl (C=O) groups is 1. The van der Waals surface area contributed by atoms with Crippen molar-refractivity contribution in [1.82, 2.24) is 20.4 Å². The number of piperidine rings is 1. The number of likely N-dealkylation sites (tertiary alicyclic amines) is 1. The summed E-state index contributed by atoms with van der Waals surface area (Å²) in [6, 6.07) is 14.8. The summed E-state index contributed by atoms with van der Waals surface area (Å²) in [5.74, 6) is 2.12. The normalized spacial score (nSPS) is 18.8. The molecule has 1 aromatic heterocycles. The molecule has 2 amide bonds. The number of anilines is 1. The first-order valence-corrected chi connectivity index (χ1v) is 10.9. The fourth-order valence-electron chi connectivity index (χ4n) is 4.00. The van der Waals surface area contributed by atoms with Crippen molar-refractivity contribution in [3.8, 4) is 5.75 Å². The average Bonchev–Trinajstić information content (AvgIpc) is 3.21. The average molecular weight is 456 g/mol. The molecule has 2 atom stereocenters. The molecule has 0 spiro atoms. The van der Waals surface area contributed by atoms with E-state index in [0.29, 0.717) is 29.0 Å². The van der Waals surface area contributed by atoms with E-state index in [4.69, 9.17) is 20.9 Å². The molecule has 0 saturated carbocycles. The molecule has 9 heteroatoms. The molecule has 0 unspecified atom stereocenters. The number of carbonyl (C=O) groups excluding carboxylic acids is 1. The highest BCUT2D eigenvalue weighted by Crippen LogP contribution is 2.29. The number of methoxy groups -OCH3 is 1. The first kappa shape index (κ1) is 22.1. The molecule has 1 saturated heterocycles. The van der Waals surface area contributed by atoms with Crippen molar-refractivity contribution < 1.29 is 14.1 Å². The maximum Gasteiger partial charge on any atom is 0.319 e. The maximum atomic E-state index is 12.7. The third kappa shape index (κ3) is 5.57. The molecule has 0 radical (unpaired) electrons. The quantitative estimate of drug-likeness (QED) is 0.578. The molecule has 2 aromatic carbocycles. The van der Waals surface area contributed by atoms with Crippen LogP contribution in [-0.4, -0.2) is 47.3 Å². The lowest BCUT2D eigenvalue weighted by Crippen LogP contribution is -2.50. The highest BCUT2D eigenvalue weighted by molar-refractivity contribution is 6.30. The number of ether oxygens (including phenoxy) is 1. The molecule has 2 heterocycles. The van der Waals surface area contributed by atoms with Gasteiger partial charge in [-0.05, 0) is 48.4 Å². The molecular formula is C23H26ClN5O3. The number of urea groups is 1. The number of aromatic nitrogens is 2. The van der Waals surface area contributed by atoms with Gasteiger partial charge in [-0.1, -0.05) is 28.9 Å². The van der Waals surface area contributed by atoms with Crippen LogP contribution in [0.15, 0.2) is 53.1 Å². The Kier molecular flexibility index (Phi) is 6.92. The number of nitrogens with one attached hydrogen (secondary N) is 2. The summed E-state index contributed by atoms with van der Waals surface area (Å²) < 4.78 is 10.4. The fraction of sp³-hybridized carbons (Fsp3) is 0.348. The lowest BCUT2D eigenvalue weighted by atomic mass is 9.86. The molecule has 0 aliphatic carbocycles. The van der Waals surface area contributed by atoms with Gasteiger partial charge in [0.15, 0.2) is 5.82 Å². The van der Waals surface area contributed by atoms with Gasteiger partial charge in [0.2, 0.25) is 5.89 Å². The van der Waals surface area contributed by atoms with Gasteiger partial charge in [-0.15, -0.1) is 0 Å². The largest absolute Gasteiger partial charge is 0.497 e. The minimum atomic E-state index is -0.238. The second-order valence-corrected chi connectivity index (χ2v) is 8.28. The van der Waals surface area contributed by atoms with Gasteiger partial charge in [-0.25, -0.2) is 4.79 Å². The molecule has 2 N–H and O–H groups in total. The van der Waals surface area contributed by atoms with Crippen molar-refractivity contribution in [2.75, 3.05) is 25.5 Å². The van der Waals surface area contributed by atoms with E-state index in [-0.39, 0.29) is 18.0 Å². The van der Waals surface area contributed by atoms with Gasteiger partial charge in [0.1, 0.15) is 5.75 Å². The molecule has 32 heavy (non-hydrogen) atoms. The van der Waals surface area contributed by atoms with Crippen LogP contribution in [0.25, 0.3) is 0 Å². The predicted molar refractivity (Wildman–Crippen MR) is 122 cm³/mol. The van der Waals surface area contributed by atoms with Crippen molar-refractivity contribution in [1.29, 1.82) is 0 Å². The molecule has 0 bridgehead atoms. The molecule has 3 aromatic rings. The third-order valence-electron chi connectivity index (χ3n) is 5.59. The summed E-state index contributed by atoms with van der Waals surface area (Å²) in [4.78, 5) is 19.3. The summed E-state index contributed by atoms with van der Waals surface area (Å²) in [5, 5.41) is 10.7.